The summed E-state index contributed by atoms with van der Waals surface area (Å²) in [6.45, 7) is 3.18. The Morgan fingerprint density at radius 2 is 1.74 bits per heavy atom. The molecule has 1 atom stereocenters. The van der Waals surface area contributed by atoms with E-state index in [1.54, 1.807) is 0 Å². The third-order valence-corrected chi connectivity index (χ3v) is 4.79. The van der Waals surface area contributed by atoms with Crippen molar-refractivity contribution in [1.82, 2.24) is 10.2 Å². The summed E-state index contributed by atoms with van der Waals surface area (Å²) in [5, 5.41) is 3.43. The molecule has 1 saturated heterocycles. The fourth-order valence-corrected chi connectivity index (χ4v) is 3.54. The maximum Gasteiger partial charge on any atom is 0.222 e. The summed E-state index contributed by atoms with van der Waals surface area (Å²) in [5.41, 5.74) is 0. The number of hydrogen-bond donors (Lipinski definition) is 1. The molecule has 0 aromatic rings. The van der Waals surface area contributed by atoms with Crippen molar-refractivity contribution in [3.05, 3.63) is 0 Å². The van der Waals surface area contributed by atoms with Crippen molar-refractivity contribution in [2.24, 2.45) is 11.8 Å². The molecule has 1 aliphatic carbocycles. The second-order valence-electron chi connectivity index (χ2n) is 6.55. The SMILES string of the molecule is CN(CC1CCCNC1)C(=O)CC1CCCCCC1. The topological polar surface area (TPSA) is 32.3 Å². The van der Waals surface area contributed by atoms with Crippen LogP contribution < -0.4 is 5.32 Å². The van der Waals surface area contributed by atoms with Crippen molar-refractivity contribution in [3.8, 4) is 0 Å². The third-order valence-electron chi connectivity index (χ3n) is 4.79. The average molecular weight is 266 g/mol. The molecule has 0 aromatic heterocycles. The van der Waals surface area contributed by atoms with Crippen molar-refractivity contribution in [1.29, 1.82) is 0 Å². The monoisotopic (exact) mass is 266 g/mol. The molecule has 3 nitrogen and oxygen atoms in total. The van der Waals surface area contributed by atoms with Crippen LogP contribution >= 0.6 is 0 Å². The molecule has 0 aromatic carbocycles. The first-order chi connectivity index (χ1) is 9.25. The van der Waals surface area contributed by atoms with Crippen molar-refractivity contribution in [3.63, 3.8) is 0 Å². The summed E-state index contributed by atoms with van der Waals surface area (Å²) in [6, 6.07) is 0. The standard InChI is InChI=1S/C16H30N2O/c1-18(13-15-9-6-10-17-12-15)16(19)11-14-7-4-2-3-5-8-14/h14-15,17H,2-13H2,1H3. The van der Waals surface area contributed by atoms with E-state index < -0.39 is 0 Å². The second kappa shape index (κ2) is 7.88. The van der Waals surface area contributed by atoms with Crippen LogP contribution in [0.2, 0.25) is 0 Å². The smallest absolute Gasteiger partial charge is 0.222 e. The van der Waals surface area contributed by atoms with Crippen LogP contribution in [-0.4, -0.2) is 37.5 Å². The van der Waals surface area contributed by atoms with Gasteiger partial charge in [0.2, 0.25) is 5.91 Å². The summed E-state index contributed by atoms with van der Waals surface area (Å²) < 4.78 is 0. The molecule has 0 bridgehead atoms. The molecule has 0 radical (unpaired) electrons. The maximum absolute atomic E-state index is 12.3. The number of piperidine rings is 1. The minimum Gasteiger partial charge on any atom is -0.345 e. The Labute approximate surface area is 118 Å². The molecule has 0 spiro atoms. The van der Waals surface area contributed by atoms with Crippen LogP contribution in [0.4, 0.5) is 0 Å². The van der Waals surface area contributed by atoms with Crippen molar-refractivity contribution in [2.45, 2.75) is 57.8 Å². The zero-order chi connectivity index (χ0) is 13.5. The van der Waals surface area contributed by atoms with Gasteiger partial charge in [-0.25, -0.2) is 0 Å². The van der Waals surface area contributed by atoms with E-state index in [9.17, 15) is 4.79 Å². The Kier molecular flexibility index (Phi) is 6.15. The zero-order valence-corrected chi connectivity index (χ0v) is 12.5. The van der Waals surface area contributed by atoms with E-state index in [4.69, 9.17) is 0 Å². The van der Waals surface area contributed by atoms with Crippen molar-refractivity contribution >= 4 is 5.91 Å². The fraction of sp³-hybridized carbons (Fsp3) is 0.938. The number of nitrogens with one attached hydrogen (secondary N) is 1. The molecule has 2 rings (SSSR count). The minimum absolute atomic E-state index is 0.373. The molecular formula is C16H30N2O. The number of carbonyl (C=O) groups is 1. The van der Waals surface area contributed by atoms with E-state index in [2.05, 4.69) is 5.32 Å². The molecule has 2 fully saturated rings. The Morgan fingerprint density at radius 1 is 1.05 bits per heavy atom. The number of amides is 1. The first kappa shape index (κ1) is 14.8. The van der Waals surface area contributed by atoms with Crippen LogP contribution in [0.25, 0.3) is 0 Å². The molecule has 1 aliphatic heterocycles. The number of nitrogens with zero attached hydrogens (tertiary/aromatic N) is 1. The highest BCUT2D eigenvalue weighted by atomic mass is 16.2. The minimum atomic E-state index is 0.373. The molecule has 110 valence electrons. The molecule has 2 aliphatic rings. The van der Waals surface area contributed by atoms with E-state index in [-0.39, 0.29) is 0 Å². The van der Waals surface area contributed by atoms with Gasteiger partial charge in [0.05, 0.1) is 0 Å². The Balaban J connectivity index is 1.71. The number of carbonyl (C=O) groups excluding carboxylic acids is 1. The van der Waals surface area contributed by atoms with Crippen LogP contribution in [0.5, 0.6) is 0 Å². The Hall–Kier alpha value is -0.570. The summed E-state index contributed by atoms with van der Waals surface area (Å²) >= 11 is 0. The van der Waals surface area contributed by atoms with E-state index >= 15 is 0 Å². The lowest BCUT2D eigenvalue weighted by Crippen LogP contribution is -2.39. The van der Waals surface area contributed by atoms with Crippen LogP contribution in [0.1, 0.15) is 57.8 Å². The van der Waals surface area contributed by atoms with E-state index in [1.807, 2.05) is 11.9 Å². The van der Waals surface area contributed by atoms with Gasteiger partial charge in [-0.3, -0.25) is 4.79 Å². The highest BCUT2D eigenvalue weighted by Crippen LogP contribution is 2.26. The fourth-order valence-electron chi connectivity index (χ4n) is 3.54. The normalized spacial score (nSPS) is 25.8. The molecule has 1 unspecified atom stereocenters. The average Bonchev–Trinajstić information content (AvgIpc) is 2.68. The lowest BCUT2D eigenvalue weighted by Gasteiger charge is -2.28. The molecule has 1 N–H and O–H groups in total. The number of hydrogen-bond acceptors (Lipinski definition) is 2. The predicted molar refractivity (Wildman–Crippen MR) is 79.0 cm³/mol. The summed E-state index contributed by atoms with van der Waals surface area (Å²) in [6.07, 6.45) is 11.3. The van der Waals surface area contributed by atoms with Gasteiger partial charge in [0.25, 0.3) is 0 Å². The zero-order valence-electron chi connectivity index (χ0n) is 12.5. The highest BCUT2D eigenvalue weighted by Gasteiger charge is 2.21. The van der Waals surface area contributed by atoms with E-state index in [1.165, 1.54) is 51.4 Å². The Bertz CT molecular complexity index is 266. The number of rotatable bonds is 4. The van der Waals surface area contributed by atoms with Crippen LogP contribution in [-0.2, 0) is 4.79 Å². The van der Waals surface area contributed by atoms with Gasteiger partial charge < -0.3 is 10.2 Å². The van der Waals surface area contributed by atoms with Gasteiger partial charge in [0.15, 0.2) is 0 Å². The quantitative estimate of drug-likeness (QED) is 0.794. The first-order valence-electron chi connectivity index (χ1n) is 8.20. The molecule has 19 heavy (non-hydrogen) atoms. The van der Waals surface area contributed by atoms with Crippen LogP contribution in [0, 0.1) is 11.8 Å². The molecule has 1 heterocycles. The van der Waals surface area contributed by atoms with Gasteiger partial charge in [0, 0.05) is 20.0 Å². The third kappa shape index (κ3) is 5.13. The summed E-state index contributed by atoms with van der Waals surface area (Å²) in [5.74, 6) is 1.69. The Morgan fingerprint density at radius 3 is 2.37 bits per heavy atom. The van der Waals surface area contributed by atoms with Crippen molar-refractivity contribution in [2.75, 3.05) is 26.7 Å². The van der Waals surface area contributed by atoms with Crippen LogP contribution in [0.3, 0.4) is 0 Å². The van der Waals surface area contributed by atoms with E-state index in [0.717, 1.165) is 26.1 Å². The van der Waals surface area contributed by atoms with E-state index in [0.29, 0.717) is 17.7 Å². The van der Waals surface area contributed by atoms with Gasteiger partial charge >= 0.3 is 0 Å². The van der Waals surface area contributed by atoms with Gasteiger partial charge in [-0.1, -0.05) is 25.7 Å². The van der Waals surface area contributed by atoms with Gasteiger partial charge in [-0.2, -0.15) is 0 Å². The van der Waals surface area contributed by atoms with Gasteiger partial charge in [0.1, 0.15) is 0 Å². The largest absolute Gasteiger partial charge is 0.345 e. The molecular weight excluding hydrogens is 236 g/mol. The summed E-state index contributed by atoms with van der Waals surface area (Å²) in [7, 11) is 1.99. The summed E-state index contributed by atoms with van der Waals surface area (Å²) in [4.78, 5) is 14.3. The predicted octanol–water partition coefficient (Wildman–Crippen LogP) is 2.80. The first-order valence-corrected chi connectivity index (χ1v) is 8.20. The van der Waals surface area contributed by atoms with Gasteiger partial charge in [-0.05, 0) is 50.6 Å². The van der Waals surface area contributed by atoms with Crippen LogP contribution in [0.15, 0.2) is 0 Å². The molecule has 3 heteroatoms. The lowest BCUT2D eigenvalue weighted by atomic mass is 9.95. The molecule has 1 saturated carbocycles. The maximum atomic E-state index is 12.3. The van der Waals surface area contributed by atoms with Gasteiger partial charge in [-0.15, -0.1) is 0 Å². The van der Waals surface area contributed by atoms with Crippen molar-refractivity contribution < 1.29 is 4.79 Å². The molecule has 1 amide bonds. The second-order valence-corrected chi connectivity index (χ2v) is 6.55. The highest BCUT2D eigenvalue weighted by molar-refractivity contribution is 5.76. The lowest BCUT2D eigenvalue weighted by molar-refractivity contribution is -0.131.